The van der Waals surface area contributed by atoms with Crippen LogP contribution in [0, 0.1) is 0 Å². The van der Waals surface area contributed by atoms with Crippen molar-refractivity contribution in [3.05, 3.63) is 35.4 Å². The fraction of sp³-hybridized carbons (Fsp3) is 0.438. The lowest BCUT2D eigenvalue weighted by Crippen LogP contribution is -2.35. The Labute approximate surface area is 122 Å². The smallest absolute Gasteiger partial charge is 0.222 e. The Kier molecular flexibility index (Phi) is 5.60. The molecule has 1 heterocycles. The number of hydrogen-bond donors (Lipinski definition) is 0. The molecule has 20 heavy (non-hydrogen) atoms. The van der Waals surface area contributed by atoms with Crippen LogP contribution in [0.1, 0.15) is 31.7 Å². The van der Waals surface area contributed by atoms with Crippen molar-refractivity contribution in [3.8, 4) is 5.75 Å². The molecule has 0 N–H and O–H groups in total. The van der Waals surface area contributed by atoms with Gasteiger partial charge in [-0.1, -0.05) is 36.8 Å². The maximum atomic E-state index is 11.7. The highest BCUT2D eigenvalue weighted by Gasteiger charge is 2.17. The predicted molar refractivity (Wildman–Crippen MR) is 85.4 cm³/mol. The molecule has 108 valence electrons. The quantitative estimate of drug-likeness (QED) is 0.792. The van der Waals surface area contributed by atoms with Gasteiger partial charge in [0.2, 0.25) is 5.91 Å². The topological polar surface area (TPSA) is 29.5 Å². The third-order valence-corrected chi connectivity index (χ3v) is 3.98. The Balaban J connectivity index is 2.04. The van der Waals surface area contributed by atoms with Crippen molar-refractivity contribution >= 4 is 20.8 Å². The Morgan fingerprint density at radius 3 is 2.70 bits per heavy atom. The zero-order chi connectivity index (χ0) is 14.4. The molecular formula is C16H22NO2P. The summed E-state index contributed by atoms with van der Waals surface area (Å²) in [5.74, 6) is 1.22. The Bertz CT molecular complexity index is 489. The first-order valence-electron chi connectivity index (χ1n) is 7.14. The van der Waals surface area contributed by atoms with E-state index in [1.54, 1.807) is 0 Å². The van der Waals surface area contributed by atoms with Crippen molar-refractivity contribution in [2.24, 2.45) is 0 Å². The van der Waals surface area contributed by atoms with Gasteiger partial charge in [0.05, 0.1) is 8.81 Å². The summed E-state index contributed by atoms with van der Waals surface area (Å²) < 4.78 is 5.67. The van der Waals surface area contributed by atoms with Gasteiger partial charge < -0.3 is 9.42 Å². The van der Waals surface area contributed by atoms with Gasteiger partial charge in [0.15, 0.2) is 0 Å². The summed E-state index contributed by atoms with van der Waals surface area (Å²) in [5, 5.41) is 0. The Morgan fingerprint density at radius 2 is 2.05 bits per heavy atom. The van der Waals surface area contributed by atoms with Crippen molar-refractivity contribution in [2.45, 2.75) is 26.2 Å². The molecule has 0 bridgehead atoms. The maximum Gasteiger partial charge on any atom is 0.222 e. The third kappa shape index (κ3) is 3.83. The van der Waals surface area contributed by atoms with E-state index in [0.29, 0.717) is 15.2 Å². The van der Waals surface area contributed by atoms with Crippen LogP contribution in [-0.2, 0) is 4.79 Å². The molecule has 0 radical (unpaired) electrons. The number of piperidine rings is 1. The number of amides is 1. The summed E-state index contributed by atoms with van der Waals surface area (Å²) in [6.45, 7) is 5.64. The number of nitrogens with zero attached hydrogens (tertiary/aromatic N) is 1. The first kappa shape index (κ1) is 15.1. The van der Waals surface area contributed by atoms with E-state index < -0.39 is 0 Å². The van der Waals surface area contributed by atoms with Crippen molar-refractivity contribution in [3.63, 3.8) is 0 Å². The van der Waals surface area contributed by atoms with Crippen LogP contribution in [0.15, 0.2) is 29.8 Å². The minimum Gasteiger partial charge on any atom is -0.477 e. The molecule has 1 fully saturated rings. The van der Waals surface area contributed by atoms with E-state index in [0.717, 1.165) is 37.2 Å². The van der Waals surface area contributed by atoms with Gasteiger partial charge in [-0.25, -0.2) is 0 Å². The number of hydrogen-bond acceptors (Lipinski definition) is 2. The van der Waals surface area contributed by atoms with Crippen molar-refractivity contribution in [1.29, 1.82) is 0 Å². The lowest BCUT2D eigenvalue weighted by molar-refractivity contribution is -0.131. The summed E-state index contributed by atoms with van der Waals surface area (Å²) >= 11 is 0. The largest absolute Gasteiger partial charge is 0.477 e. The normalized spacial score (nSPS) is 15.7. The van der Waals surface area contributed by atoms with Crippen LogP contribution in [0.5, 0.6) is 5.75 Å². The van der Waals surface area contributed by atoms with E-state index in [4.69, 9.17) is 4.52 Å². The minimum atomic E-state index is 0.264. The second-order valence-electron chi connectivity index (χ2n) is 4.88. The first-order chi connectivity index (χ1) is 9.74. The summed E-state index contributed by atoms with van der Waals surface area (Å²) in [6.07, 6.45) is 4.76. The van der Waals surface area contributed by atoms with Crippen LogP contribution in [0.4, 0.5) is 0 Å². The van der Waals surface area contributed by atoms with Gasteiger partial charge in [0.1, 0.15) is 5.75 Å². The number of carbonyl (C=O) groups is 1. The molecule has 0 aromatic heterocycles. The molecule has 0 aliphatic carbocycles. The number of para-hydroxylation sites is 1. The number of rotatable bonds is 4. The molecule has 1 aliphatic rings. The Hall–Kier alpha value is -1.34. The average Bonchev–Trinajstić information content (AvgIpc) is 2.49. The third-order valence-electron chi connectivity index (χ3n) is 3.55. The van der Waals surface area contributed by atoms with Crippen LogP contribution >= 0.6 is 8.81 Å². The van der Waals surface area contributed by atoms with Crippen LogP contribution in [0.25, 0.3) is 6.08 Å². The van der Waals surface area contributed by atoms with Gasteiger partial charge >= 0.3 is 0 Å². The first-order valence-corrected chi connectivity index (χ1v) is 8.55. The van der Waals surface area contributed by atoms with Crippen LogP contribution < -0.4 is 4.52 Å². The lowest BCUT2D eigenvalue weighted by Gasteiger charge is -2.28. The standard InChI is InChI=1S/C16H22NO2P/c1-3-16(18)17-10-8-13(9-11-17)12-14-6-4-5-7-15(14)19-20-2/h4-7,12,20H,3,8-11H2,1-2H3. The van der Waals surface area contributed by atoms with Crippen molar-refractivity contribution in [1.82, 2.24) is 4.90 Å². The monoisotopic (exact) mass is 291 g/mol. The molecular weight excluding hydrogens is 269 g/mol. The van der Waals surface area contributed by atoms with Crippen molar-refractivity contribution < 1.29 is 9.32 Å². The zero-order valence-corrected chi connectivity index (χ0v) is 13.2. The van der Waals surface area contributed by atoms with E-state index in [-0.39, 0.29) is 5.91 Å². The van der Waals surface area contributed by atoms with E-state index >= 15 is 0 Å². The number of benzene rings is 1. The Morgan fingerprint density at radius 1 is 1.35 bits per heavy atom. The number of likely N-dealkylation sites (tertiary alicyclic amines) is 1. The maximum absolute atomic E-state index is 11.7. The number of carbonyl (C=O) groups excluding carboxylic acids is 1. The molecule has 1 aliphatic heterocycles. The molecule has 1 saturated heterocycles. The van der Waals surface area contributed by atoms with E-state index in [9.17, 15) is 4.79 Å². The zero-order valence-electron chi connectivity index (χ0n) is 12.2. The predicted octanol–water partition coefficient (Wildman–Crippen LogP) is 3.70. The highest BCUT2D eigenvalue weighted by atomic mass is 31.1. The van der Waals surface area contributed by atoms with Crippen LogP contribution in [0.3, 0.4) is 0 Å². The van der Waals surface area contributed by atoms with Gasteiger partial charge in [-0.05, 0) is 25.6 Å². The summed E-state index contributed by atoms with van der Waals surface area (Å²) in [5.41, 5.74) is 2.55. The SMILES string of the molecule is CCC(=O)N1CCC(=Cc2ccccc2OPC)CC1. The molecule has 2 rings (SSSR count). The van der Waals surface area contributed by atoms with Gasteiger partial charge in [-0.15, -0.1) is 0 Å². The van der Waals surface area contributed by atoms with E-state index in [2.05, 4.69) is 12.1 Å². The molecule has 1 aromatic rings. The molecule has 3 nitrogen and oxygen atoms in total. The summed E-state index contributed by atoms with van der Waals surface area (Å²) in [7, 11) is 0.454. The van der Waals surface area contributed by atoms with Gasteiger partial charge in [0.25, 0.3) is 0 Å². The highest BCUT2D eigenvalue weighted by Crippen LogP contribution is 2.28. The van der Waals surface area contributed by atoms with E-state index in [1.807, 2.05) is 36.7 Å². The molecule has 1 unspecified atom stereocenters. The average molecular weight is 291 g/mol. The molecule has 1 aromatic carbocycles. The van der Waals surface area contributed by atoms with Gasteiger partial charge in [-0.3, -0.25) is 4.79 Å². The molecule has 4 heteroatoms. The van der Waals surface area contributed by atoms with E-state index in [1.165, 1.54) is 5.57 Å². The fourth-order valence-electron chi connectivity index (χ4n) is 2.43. The summed E-state index contributed by atoms with van der Waals surface area (Å²) in [4.78, 5) is 13.6. The second-order valence-corrected chi connectivity index (χ2v) is 5.49. The fourth-order valence-corrected chi connectivity index (χ4v) is 2.84. The summed E-state index contributed by atoms with van der Waals surface area (Å²) in [6, 6.07) is 8.14. The molecule has 0 saturated carbocycles. The van der Waals surface area contributed by atoms with Crippen LogP contribution in [0.2, 0.25) is 0 Å². The lowest BCUT2D eigenvalue weighted by atomic mass is 10.0. The second kappa shape index (κ2) is 7.44. The van der Waals surface area contributed by atoms with Gasteiger partial charge in [0, 0.05) is 25.1 Å². The van der Waals surface area contributed by atoms with Gasteiger partial charge in [-0.2, -0.15) is 0 Å². The molecule has 1 atom stereocenters. The molecule has 1 amide bonds. The van der Waals surface area contributed by atoms with Crippen LogP contribution in [-0.4, -0.2) is 30.6 Å². The minimum absolute atomic E-state index is 0.264. The van der Waals surface area contributed by atoms with Crippen molar-refractivity contribution in [2.75, 3.05) is 19.8 Å². The molecule has 0 spiro atoms. The highest BCUT2D eigenvalue weighted by molar-refractivity contribution is 7.31.